The molecule has 2 aliphatic heterocycles. The summed E-state index contributed by atoms with van der Waals surface area (Å²) in [6.07, 6.45) is -1.55. The first kappa shape index (κ1) is 19.3. The molecule has 1 spiro atoms. The monoisotopic (exact) mass is 364 g/mol. The first-order chi connectivity index (χ1) is 11.8. The van der Waals surface area contributed by atoms with Crippen LogP contribution in [0.25, 0.3) is 0 Å². The number of carboxylic acid groups (broad SMARTS) is 1. The van der Waals surface area contributed by atoms with Gasteiger partial charge in [0.1, 0.15) is 5.60 Å². The number of nitrogens with one attached hydrogen (secondary N) is 1. The van der Waals surface area contributed by atoms with Gasteiger partial charge in [0.25, 0.3) is 0 Å². The van der Waals surface area contributed by atoms with Gasteiger partial charge >= 0.3 is 12.1 Å². The van der Waals surface area contributed by atoms with Crippen LogP contribution in [0.3, 0.4) is 0 Å². The van der Waals surface area contributed by atoms with Crippen LogP contribution in [0.15, 0.2) is 18.5 Å². The molecule has 2 aliphatic rings. The Morgan fingerprint density at radius 2 is 2.00 bits per heavy atom. The smallest absolute Gasteiger partial charge is 0.475 e. The second-order valence-corrected chi connectivity index (χ2v) is 5.53. The SMILES string of the molecule is O=C(O)C(F)(F)F.c1cnc(N2CCOCC3(CNCCO3)C2)nc1. The molecule has 0 amide bonds. The van der Waals surface area contributed by atoms with Gasteiger partial charge in [-0.05, 0) is 6.07 Å². The summed E-state index contributed by atoms with van der Waals surface area (Å²) in [7, 11) is 0. The third kappa shape index (κ3) is 5.80. The molecule has 0 radical (unpaired) electrons. The fourth-order valence-electron chi connectivity index (χ4n) is 2.43. The van der Waals surface area contributed by atoms with Crippen molar-refractivity contribution in [3.8, 4) is 0 Å². The number of carbonyl (C=O) groups is 1. The molecule has 1 aromatic rings. The predicted octanol–water partition coefficient (Wildman–Crippen LogP) is 0.305. The van der Waals surface area contributed by atoms with Crippen LogP contribution >= 0.6 is 0 Å². The second-order valence-electron chi connectivity index (χ2n) is 5.53. The largest absolute Gasteiger partial charge is 0.490 e. The van der Waals surface area contributed by atoms with Crippen molar-refractivity contribution in [2.75, 3.05) is 50.9 Å². The highest BCUT2D eigenvalue weighted by atomic mass is 19.4. The van der Waals surface area contributed by atoms with E-state index in [9.17, 15) is 13.2 Å². The number of rotatable bonds is 1. The fourth-order valence-corrected chi connectivity index (χ4v) is 2.43. The molecule has 0 aromatic carbocycles. The maximum atomic E-state index is 10.6. The van der Waals surface area contributed by atoms with Gasteiger partial charge in [-0.1, -0.05) is 0 Å². The molecule has 2 N–H and O–H groups in total. The van der Waals surface area contributed by atoms with E-state index in [1.54, 1.807) is 12.4 Å². The lowest BCUT2D eigenvalue weighted by Crippen LogP contribution is -2.57. The molecular weight excluding hydrogens is 345 g/mol. The van der Waals surface area contributed by atoms with E-state index >= 15 is 0 Å². The molecule has 140 valence electrons. The molecule has 0 saturated carbocycles. The minimum atomic E-state index is -5.08. The summed E-state index contributed by atoms with van der Waals surface area (Å²) in [4.78, 5) is 19.6. The summed E-state index contributed by atoms with van der Waals surface area (Å²) in [5.74, 6) is -2.01. The zero-order valence-corrected chi connectivity index (χ0v) is 13.3. The molecule has 3 heterocycles. The Hall–Kier alpha value is -1.98. The minimum absolute atomic E-state index is 0.270. The van der Waals surface area contributed by atoms with E-state index in [0.717, 1.165) is 38.7 Å². The zero-order chi connectivity index (χ0) is 18.3. The van der Waals surface area contributed by atoms with Gasteiger partial charge < -0.3 is 24.8 Å². The Labute approximate surface area is 142 Å². The van der Waals surface area contributed by atoms with Gasteiger partial charge in [0.15, 0.2) is 0 Å². The molecule has 1 aromatic heterocycles. The van der Waals surface area contributed by atoms with Crippen LogP contribution in [0, 0.1) is 0 Å². The molecule has 25 heavy (non-hydrogen) atoms. The van der Waals surface area contributed by atoms with Crippen LogP contribution in [0.1, 0.15) is 0 Å². The molecule has 2 saturated heterocycles. The lowest BCUT2D eigenvalue weighted by atomic mass is 10.0. The van der Waals surface area contributed by atoms with Crippen molar-refractivity contribution in [3.63, 3.8) is 0 Å². The number of morpholine rings is 1. The topological polar surface area (TPSA) is 96.8 Å². The van der Waals surface area contributed by atoms with E-state index in [1.807, 2.05) is 6.07 Å². The van der Waals surface area contributed by atoms with E-state index in [4.69, 9.17) is 19.4 Å². The van der Waals surface area contributed by atoms with Gasteiger partial charge in [-0.3, -0.25) is 0 Å². The van der Waals surface area contributed by atoms with E-state index in [2.05, 4.69) is 20.2 Å². The quantitative estimate of drug-likeness (QED) is 0.735. The summed E-state index contributed by atoms with van der Waals surface area (Å²) in [6.45, 7) is 5.33. The van der Waals surface area contributed by atoms with Crippen molar-refractivity contribution in [2.45, 2.75) is 11.8 Å². The Morgan fingerprint density at radius 1 is 1.32 bits per heavy atom. The average Bonchev–Trinajstić information content (AvgIpc) is 2.79. The number of ether oxygens (including phenoxy) is 2. The molecule has 3 rings (SSSR count). The van der Waals surface area contributed by atoms with Gasteiger partial charge in [0.2, 0.25) is 5.95 Å². The van der Waals surface area contributed by atoms with Crippen LogP contribution in [0.2, 0.25) is 0 Å². The molecule has 0 aliphatic carbocycles. The normalized spacial score (nSPS) is 24.2. The van der Waals surface area contributed by atoms with Crippen LogP contribution in [0.5, 0.6) is 0 Å². The minimum Gasteiger partial charge on any atom is -0.475 e. The summed E-state index contributed by atoms with van der Waals surface area (Å²) >= 11 is 0. The number of anilines is 1. The molecule has 2 fully saturated rings. The number of carboxylic acids is 1. The Kier molecular flexibility index (Phi) is 6.51. The lowest BCUT2D eigenvalue weighted by molar-refractivity contribution is -0.192. The summed E-state index contributed by atoms with van der Waals surface area (Å²) in [5.41, 5.74) is -0.270. The van der Waals surface area contributed by atoms with Gasteiger partial charge in [-0.15, -0.1) is 0 Å². The summed E-state index contributed by atoms with van der Waals surface area (Å²) < 4.78 is 43.4. The second kappa shape index (κ2) is 8.41. The van der Waals surface area contributed by atoms with Crippen molar-refractivity contribution in [1.29, 1.82) is 0 Å². The number of aromatic nitrogens is 2. The lowest BCUT2D eigenvalue weighted by Gasteiger charge is -2.38. The summed E-state index contributed by atoms with van der Waals surface area (Å²) in [6, 6.07) is 1.83. The summed E-state index contributed by atoms with van der Waals surface area (Å²) in [5, 5.41) is 10.5. The van der Waals surface area contributed by atoms with Crippen molar-refractivity contribution < 1.29 is 32.5 Å². The van der Waals surface area contributed by atoms with Crippen LogP contribution in [0.4, 0.5) is 19.1 Å². The molecule has 0 bridgehead atoms. The van der Waals surface area contributed by atoms with Crippen LogP contribution < -0.4 is 10.2 Å². The van der Waals surface area contributed by atoms with Crippen molar-refractivity contribution in [3.05, 3.63) is 18.5 Å². The van der Waals surface area contributed by atoms with Crippen LogP contribution in [-0.2, 0) is 14.3 Å². The highest BCUT2D eigenvalue weighted by Crippen LogP contribution is 2.21. The first-order valence-corrected chi connectivity index (χ1v) is 7.57. The van der Waals surface area contributed by atoms with E-state index < -0.39 is 12.1 Å². The number of alkyl halides is 3. The number of hydrogen-bond acceptors (Lipinski definition) is 7. The van der Waals surface area contributed by atoms with Gasteiger partial charge in [-0.2, -0.15) is 13.2 Å². The molecule has 1 unspecified atom stereocenters. The van der Waals surface area contributed by atoms with E-state index in [1.165, 1.54) is 0 Å². The van der Waals surface area contributed by atoms with Crippen LogP contribution in [-0.4, -0.2) is 78.8 Å². The number of aliphatic carboxylic acids is 1. The maximum Gasteiger partial charge on any atom is 0.490 e. The van der Waals surface area contributed by atoms with E-state index in [-0.39, 0.29) is 5.60 Å². The first-order valence-electron chi connectivity index (χ1n) is 7.57. The molecule has 11 heteroatoms. The highest BCUT2D eigenvalue weighted by Gasteiger charge is 2.39. The highest BCUT2D eigenvalue weighted by molar-refractivity contribution is 5.73. The van der Waals surface area contributed by atoms with Crippen molar-refractivity contribution in [1.82, 2.24) is 15.3 Å². The van der Waals surface area contributed by atoms with E-state index in [0.29, 0.717) is 13.2 Å². The third-order valence-corrected chi connectivity index (χ3v) is 3.56. The van der Waals surface area contributed by atoms with Gasteiger partial charge in [-0.25, -0.2) is 14.8 Å². The van der Waals surface area contributed by atoms with Gasteiger partial charge in [0.05, 0.1) is 26.4 Å². The number of hydrogen-bond donors (Lipinski definition) is 2. The third-order valence-electron chi connectivity index (χ3n) is 3.56. The number of nitrogens with zero attached hydrogens (tertiary/aromatic N) is 3. The Morgan fingerprint density at radius 3 is 2.56 bits per heavy atom. The number of halogens is 3. The van der Waals surface area contributed by atoms with Crippen molar-refractivity contribution >= 4 is 11.9 Å². The maximum absolute atomic E-state index is 10.6. The zero-order valence-electron chi connectivity index (χ0n) is 13.3. The van der Waals surface area contributed by atoms with Crippen molar-refractivity contribution in [2.24, 2.45) is 0 Å². The average molecular weight is 364 g/mol. The molecular formula is C14H19F3N4O4. The Balaban J connectivity index is 0.000000277. The van der Waals surface area contributed by atoms with Gasteiger partial charge in [0, 0.05) is 32.0 Å². The predicted molar refractivity (Wildman–Crippen MR) is 80.3 cm³/mol. The standard InChI is InChI=1S/C12H18N4O2.C2HF3O2/c1-2-14-11(15-3-1)16-5-7-17-10-12(9-16)8-13-4-6-18-12;3-2(4,5)1(6)7/h1-3,13H,4-10H2;(H,6,7). The fraction of sp³-hybridized carbons (Fsp3) is 0.643. The molecule has 8 nitrogen and oxygen atoms in total. The molecule has 1 atom stereocenters. The Bertz CT molecular complexity index is 553.